The van der Waals surface area contributed by atoms with E-state index >= 15 is 0 Å². The highest BCUT2D eigenvalue weighted by molar-refractivity contribution is 5.81. The van der Waals surface area contributed by atoms with Gasteiger partial charge in [0.05, 0.1) is 11.3 Å². The van der Waals surface area contributed by atoms with E-state index in [0.717, 1.165) is 0 Å². The van der Waals surface area contributed by atoms with Gasteiger partial charge in [0.15, 0.2) is 0 Å². The normalized spacial score (nSPS) is 22.8. The highest BCUT2D eigenvalue weighted by Gasteiger charge is 2.44. The van der Waals surface area contributed by atoms with Crippen molar-refractivity contribution in [2.45, 2.75) is 26.4 Å². The van der Waals surface area contributed by atoms with Crippen LogP contribution in [-0.2, 0) is 4.79 Å². The molecule has 0 aliphatic carbocycles. The third-order valence-electron chi connectivity index (χ3n) is 3.10. The number of likely N-dealkylation sites (tertiary alicyclic amines) is 1. The van der Waals surface area contributed by atoms with Gasteiger partial charge in [-0.1, -0.05) is 0 Å². The van der Waals surface area contributed by atoms with Crippen LogP contribution in [0.1, 0.15) is 20.3 Å². The summed E-state index contributed by atoms with van der Waals surface area (Å²) in [4.78, 5) is 13.1. The Bertz CT molecular complexity index is 291. The number of hydrazine groups is 1. The summed E-state index contributed by atoms with van der Waals surface area (Å²) in [6.45, 7) is 3.94. The van der Waals surface area contributed by atoms with Crippen LogP contribution in [0.5, 0.6) is 0 Å². The van der Waals surface area contributed by atoms with Crippen LogP contribution in [0.15, 0.2) is 0 Å². The Morgan fingerprint density at radius 2 is 2.06 bits per heavy atom. The van der Waals surface area contributed by atoms with Gasteiger partial charge < -0.3 is 4.90 Å². The number of amides is 1. The molecule has 1 atom stereocenters. The lowest BCUT2D eigenvalue weighted by molar-refractivity contribution is -0.170. The SMILES string of the molecule is CC(C)(CN1CCC(C(F)(F)F)C1)C(=O)NN. The van der Waals surface area contributed by atoms with Crippen LogP contribution in [0.25, 0.3) is 0 Å². The number of carbonyl (C=O) groups is 1. The van der Waals surface area contributed by atoms with Crippen molar-refractivity contribution in [1.29, 1.82) is 0 Å². The molecule has 0 aromatic rings. The molecule has 0 radical (unpaired) electrons. The predicted molar refractivity (Wildman–Crippen MR) is 56.7 cm³/mol. The Morgan fingerprint density at radius 1 is 1.47 bits per heavy atom. The second-order valence-corrected chi connectivity index (χ2v) is 5.12. The lowest BCUT2D eigenvalue weighted by Crippen LogP contribution is -2.47. The van der Waals surface area contributed by atoms with Gasteiger partial charge in [-0.3, -0.25) is 10.2 Å². The number of halogens is 3. The minimum absolute atomic E-state index is 0.0369. The quantitative estimate of drug-likeness (QED) is 0.446. The van der Waals surface area contributed by atoms with E-state index in [1.165, 1.54) is 0 Å². The molecule has 1 fully saturated rings. The van der Waals surface area contributed by atoms with E-state index in [2.05, 4.69) is 0 Å². The summed E-state index contributed by atoms with van der Waals surface area (Å²) in [7, 11) is 0. The molecule has 1 rings (SSSR count). The summed E-state index contributed by atoms with van der Waals surface area (Å²) < 4.78 is 37.4. The van der Waals surface area contributed by atoms with E-state index in [9.17, 15) is 18.0 Å². The number of rotatable bonds is 3. The summed E-state index contributed by atoms with van der Waals surface area (Å²) in [5, 5.41) is 0. The first-order valence-corrected chi connectivity index (χ1v) is 5.47. The van der Waals surface area contributed by atoms with E-state index in [0.29, 0.717) is 6.54 Å². The lowest BCUT2D eigenvalue weighted by Gasteiger charge is -2.28. The Balaban J connectivity index is 2.53. The molecule has 0 spiro atoms. The molecule has 0 aromatic heterocycles. The van der Waals surface area contributed by atoms with Crippen LogP contribution < -0.4 is 11.3 Å². The van der Waals surface area contributed by atoms with Crippen LogP contribution in [-0.4, -0.2) is 36.6 Å². The van der Waals surface area contributed by atoms with Crippen molar-refractivity contribution in [2.24, 2.45) is 17.2 Å². The molecule has 1 aliphatic heterocycles. The van der Waals surface area contributed by atoms with E-state index < -0.39 is 17.5 Å². The maximum Gasteiger partial charge on any atom is 0.393 e. The van der Waals surface area contributed by atoms with Crippen LogP contribution in [0, 0.1) is 11.3 Å². The minimum Gasteiger partial charge on any atom is -0.302 e. The van der Waals surface area contributed by atoms with Crippen LogP contribution in [0.3, 0.4) is 0 Å². The molecule has 1 aliphatic rings. The fourth-order valence-corrected chi connectivity index (χ4v) is 2.07. The van der Waals surface area contributed by atoms with Crippen molar-refractivity contribution in [3.8, 4) is 0 Å². The predicted octanol–water partition coefficient (Wildman–Crippen LogP) is 0.887. The van der Waals surface area contributed by atoms with Gasteiger partial charge in [-0.15, -0.1) is 0 Å². The van der Waals surface area contributed by atoms with Gasteiger partial charge in [-0.2, -0.15) is 13.2 Å². The molecular formula is C10H18F3N3O. The van der Waals surface area contributed by atoms with Crippen molar-refractivity contribution >= 4 is 5.91 Å². The number of nitrogens with one attached hydrogen (secondary N) is 1. The third-order valence-corrected chi connectivity index (χ3v) is 3.10. The van der Waals surface area contributed by atoms with Gasteiger partial charge >= 0.3 is 6.18 Å². The van der Waals surface area contributed by atoms with Crippen LogP contribution in [0.4, 0.5) is 13.2 Å². The number of nitrogens with zero attached hydrogens (tertiary/aromatic N) is 1. The summed E-state index contributed by atoms with van der Waals surface area (Å²) in [6.07, 6.45) is -4.04. The number of nitrogens with two attached hydrogens (primary N) is 1. The molecule has 0 saturated carbocycles. The number of carbonyl (C=O) groups excluding carboxylic acids is 1. The maximum absolute atomic E-state index is 12.5. The Hall–Kier alpha value is -0.820. The first kappa shape index (κ1) is 14.2. The minimum atomic E-state index is -4.14. The Kier molecular flexibility index (Phi) is 4.03. The molecule has 100 valence electrons. The number of alkyl halides is 3. The van der Waals surface area contributed by atoms with Gasteiger partial charge in [0.2, 0.25) is 5.91 Å². The molecule has 17 heavy (non-hydrogen) atoms. The second kappa shape index (κ2) is 4.81. The molecule has 7 heteroatoms. The van der Waals surface area contributed by atoms with Crippen molar-refractivity contribution < 1.29 is 18.0 Å². The lowest BCUT2D eigenvalue weighted by atomic mass is 9.92. The number of hydrogen-bond acceptors (Lipinski definition) is 3. The van der Waals surface area contributed by atoms with Gasteiger partial charge in [-0.05, 0) is 26.8 Å². The molecule has 1 amide bonds. The summed E-state index contributed by atoms with van der Waals surface area (Å²) in [5.41, 5.74) is 1.25. The average Bonchev–Trinajstić information content (AvgIpc) is 2.63. The number of hydrogen-bond donors (Lipinski definition) is 2. The third kappa shape index (κ3) is 3.57. The topological polar surface area (TPSA) is 58.4 Å². The zero-order valence-corrected chi connectivity index (χ0v) is 9.97. The molecule has 1 saturated heterocycles. The zero-order valence-electron chi connectivity index (χ0n) is 9.97. The van der Waals surface area contributed by atoms with Gasteiger partial charge in [0.25, 0.3) is 0 Å². The molecule has 3 N–H and O–H groups in total. The molecule has 0 bridgehead atoms. The molecule has 1 heterocycles. The Labute approximate surface area is 98.3 Å². The van der Waals surface area contributed by atoms with E-state index in [4.69, 9.17) is 5.84 Å². The molecule has 1 unspecified atom stereocenters. The first-order valence-electron chi connectivity index (χ1n) is 5.47. The monoisotopic (exact) mass is 253 g/mol. The molecule has 0 aromatic carbocycles. The fourth-order valence-electron chi connectivity index (χ4n) is 2.07. The second-order valence-electron chi connectivity index (χ2n) is 5.12. The first-order chi connectivity index (χ1) is 7.66. The zero-order chi connectivity index (χ0) is 13.3. The van der Waals surface area contributed by atoms with E-state index in [-0.39, 0.29) is 25.4 Å². The summed E-state index contributed by atoms with van der Waals surface area (Å²) in [5.74, 6) is 3.38. The standard InChI is InChI=1S/C10H18F3N3O/c1-9(2,8(17)15-14)6-16-4-3-7(5-16)10(11,12)13/h7H,3-6,14H2,1-2H3,(H,15,17). The maximum atomic E-state index is 12.5. The van der Waals surface area contributed by atoms with Crippen LogP contribution in [0.2, 0.25) is 0 Å². The van der Waals surface area contributed by atoms with Crippen LogP contribution >= 0.6 is 0 Å². The van der Waals surface area contributed by atoms with Crippen molar-refractivity contribution in [3.63, 3.8) is 0 Å². The van der Waals surface area contributed by atoms with Crippen molar-refractivity contribution in [3.05, 3.63) is 0 Å². The highest BCUT2D eigenvalue weighted by atomic mass is 19.4. The Morgan fingerprint density at radius 3 is 2.47 bits per heavy atom. The molecule has 4 nitrogen and oxygen atoms in total. The van der Waals surface area contributed by atoms with Crippen molar-refractivity contribution in [1.82, 2.24) is 10.3 Å². The van der Waals surface area contributed by atoms with E-state index in [1.807, 2.05) is 5.43 Å². The smallest absolute Gasteiger partial charge is 0.302 e. The fraction of sp³-hybridized carbons (Fsp3) is 0.900. The summed E-state index contributed by atoms with van der Waals surface area (Å²) in [6, 6.07) is 0. The summed E-state index contributed by atoms with van der Waals surface area (Å²) >= 11 is 0. The van der Waals surface area contributed by atoms with Gasteiger partial charge in [-0.25, -0.2) is 5.84 Å². The van der Waals surface area contributed by atoms with Gasteiger partial charge in [0, 0.05) is 13.1 Å². The van der Waals surface area contributed by atoms with E-state index in [1.54, 1.807) is 18.7 Å². The molecular weight excluding hydrogens is 235 g/mol. The largest absolute Gasteiger partial charge is 0.393 e. The average molecular weight is 253 g/mol. The highest BCUT2D eigenvalue weighted by Crippen LogP contribution is 2.34. The van der Waals surface area contributed by atoms with Crippen molar-refractivity contribution in [2.75, 3.05) is 19.6 Å². The van der Waals surface area contributed by atoms with Gasteiger partial charge in [0.1, 0.15) is 0 Å².